The van der Waals surface area contributed by atoms with E-state index in [-0.39, 0.29) is 18.1 Å². The van der Waals surface area contributed by atoms with Crippen molar-refractivity contribution >= 4 is 17.3 Å². The first kappa shape index (κ1) is 15.6. The van der Waals surface area contributed by atoms with Gasteiger partial charge in [0, 0.05) is 31.2 Å². The number of rotatable bonds is 4. The second kappa shape index (κ2) is 7.26. The highest BCUT2D eigenvalue weighted by Gasteiger charge is 2.22. The zero-order valence-corrected chi connectivity index (χ0v) is 12.3. The van der Waals surface area contributed by atoms with Gasteiger partial charge < -0.3 is 15.0 Å². The number of carbonyl (C=O) groups is 1. The largest absolute Gasteiger partial charge is 0.375 e. The summed E-state index contributed by atoms with van der Waals surface area (Å²) in [5.74, 6) is -0.0779. The third-order valence-corrected chi connectivity index (χ3v) is 3.40. The zero-order valence-electron chi connectivity index (χ0n) is 12.3. The van der Waals surface area contributed by atoms with E-state index >= 15 is 0 Å². The van der Waals surface area contributed by atoms with E-state index in [4.69, 9.17) is 15.3 Å². The van der Waals surface area contributed by atoms with Crippen LogP contribution in [0.2, 0.25) is 0 Å². The summed E-state index contributed by atoms with van der Waals surface area (Å²) in [6.07, 6.45) is 3.19. The highest BCUT2D eigenvalue weighted by Crippen LogP contribution is 2.30. The van der Waals surface area contributed by atoms with Gasteiger partial charge in [0.25, 0.3) is 5.91 Å². The van der Waals surface area contributed by atoms with Gasteiger partial charge >= 0.3 is 0 Å². The Bertz CT molecular complexity index is 666. The number of hydrogen-bond donors (Lipinski definition) is 1. The molecule has 1 aromatic carbocycles. The molecule has 0 atom stereocenters. The highest BCUT2D eigenvalue weighted by atomic mass is 16.5. The molecular formula is C16H16N4O2. The Labute approximate surface area is 129 Å². The first-order valence-corrected chi connectivity index (χ1v) is 6.88. The second-order valence-electron chi connectivity index (χ2n) is 4.85. The van der Waals surface area contributed by atoms with Crippen LogP contribution in [0.4, 0.5) is 11.4 Å². The van der Waals surface area contributed by atoms with Gasteiger partial charge in [-0.05, 0) is 30.5 Å². The molecule has 0 aromatic heterocycles. The van der Waals surface area contributed by atoms with Crippen molar-refractivity contribution in [3.05, 3.63) is 35.5 Å². The lowest BCUT2D eigenvalue weighted by atomic mass is 10.0. The molecule has 1 N–H and O–H groups in total. The number of anilines is 2. The first-order chi connectivity index (χ1) is 10.7. The number of allylic oxidation sites excluding steroid dienone is 1. The number of fused-ring (bicyclic) bond motifs is 1. The monoisotopic (exact) mass is 296 g/mol. The predicted octanol–water partition coefficient (Wildman–Crippen LogP) is 1.96. The first-order valence-electron chi connectivity index (χ1n) is 6.88. The van der Waals surface area contributed by atoms with Crippen LogP contribution in [0.3, 0.4) is 0 Å². The van der Waals surface area contributed by atoms with Crippen molar-refractivity contribution in [3.63, 3.8) is 0 Å². The number of hydrogen-bond acceptors (Lipinski definition) is 5. The second-order valence-corrected chi connectivity index (χ2v) is 4.85. The number of nitrogens with zero attached hydrogens (tertiary/aromatic N) is 3. The predicted molar refractivity (Wildman–Crippen MR) is 81.9 cm³/mol. The van der Waals surface area contributed by atoms with Crippen LogP contribution in [0.15, 0.2) is 30.0 Å². The van der Waals surface area contributed by atoms with Gasteiger partial charge in [-0.2, -0.15) is 10.5 Å². The van der Waals surface area contributed by atoms with Crippen molar-refractivity contribution in [1.29, 1.82) is 10.5 Å². The van der Waals surface area contributed by atoms with Crippen LogP contribution in [0.1, 0.15) is 12.0 Å². The molecule has 0 saturated heterocycles. The van der Waals surface area contributed by atoms with Gasteiger partial charge in [-0.15, -0.1) is 0 Å². The molecule has 6 heteroatoms. The summed E-state index contributed by atoms with van der Waals surface area (Å²) < 4.78 is 4.92. The van der Waals surface area contributed by atoms with Crippen molar-refractivity contribution in [2.45, 2.75) is 12.8 Å². The minimum absolute atomic E-state index is 0.00923. The zero-order chi connectivity index (χ0) is 15.9. The maximum Gasteiger partial charge on any atom is 0.252 e. The fourth-order valence-electron chi connectivity index (χ4n) is 2.37. The van der Waals surface area contributed by atoms with Gasteiger partial charge in [0.05, 0.1) is 0 Å². The number of aryl methyl sites for hydroxylation is 1. The molecule has 0 radical (unpaired) electrons. The van der Waals surface area contributed by atoms with Crippen LogP contribution < -0.4 is 10.2 Å². The fourth-order valence-corrected chi connectivity index (χ4v) is 2.37. The molecule has 0 bridgehead atoms. The van der Waals surface area contributed by atoms with Crippen molar-refractivity contribution in [3.8, 4) is 12.1 Å². The van der Waals surface area contributed by atoms with Crippen LogP contribution >= 0.6 is 0 Å². The molecule has 1 heterocycles. The highest BCUT2D eigenvalue weighted by molar-refractivity contribution is 5.96. The molecular weight excluding hydrogens is 280 g/mol. The molecule has 0 aliphatic carbocycles. The average molecular weight is 296 g/mol. The molecule has 0 saturated carbocycles. The Kier molecular flexibility index (Phi) is 5.13. The SMILES string of the molecule is COCC(=O)N1CCCc2ccc(NC=C(C#N)C#N)cc21. The van der Waals surface area contributed by atoms with Crippen LogP contribution in [-0.4, -0.2) is 26.2 Å². The van der Waals surface area contributed by atoms with Crippen molar-refractivity contribution < 1.29 is 9.53 Å². The summed E-state index contributed by atoms with van der Waals surface area (Å²) in [5, 5.41) is 20.4. The van der Waals surface area contributed by atoms with Crippen LogP contribution in [-0.2, 0) is 16.0 Å². The van der Waals surface area contributed by atoms with Crippen LogP contribution in [0, 0.1) is 22.7 Å². The smallest absolute Gasteiger partial charge is 0.252 e. The van der Waals surface area contributed by atoms with Gasteiger partial charge in [-0.1, -0.05) is 6.07 Å². The third-order valence-electron chi connectivity index (χ3n) is 3.40. The topological polar surface area (TPSA) is 89.2 Å². The quantitative estimate of drug-likeness (QED) is 0.858. The number of amides is 1. The van der Waals surface area contributed by atoms with E-state index in [9.17, 15) is 4.79 Å². The Morgan fingerprint density at radius 3 is 2.91 bits per heavy atom. The van der Waals surface area contributed by atoms with Crippen LogP contribution in [0.5, 0.6) is 0 Å². The Morgan fingerprint density at radius 2 is 2.23 bits per heavy atom. The van der Waals surface area contributed by atoms with Crippen molar-refractivity contribution in [2.24, 2.45) is 0 Å². The van der Waals surface area contributed by atoms with Gasteiger partial charge in [0.15, 0.2) is 0 Å². The standard InChI is InChI=1S/C16H16N4O2/c1-22-11-16(21)20-6-2-3-13-4-5-14(7-15(13)20)19-10-12(8-17)9-18/h4-5,7,10,19H,2-3,6,11H2,1H3. The number of nitriles is 2. The van der Waals surface area contributed by atoms with E-state index in [2.05, 4.69) is 5.32 Å². The number of ether oxygens (including phenoxy) is 1. The minimum atomic E-state index is -0.0779. The molecule has 1 aliphatic heterocycles. The number of methoxy groups -OCH3 is 1. The molecule has 112 valence electrons. The summed E-state index contributed by atoms with van der Waals surface area (Å²) in [7, 11) is 1.50. The Hall–Kier alpha value is -2.83. The van der Waals surface area contributed by atoms with Gasteiger partial charge in [-0.25, -0.2) is 0 Å². The maximum atomic E-state index is 12.1. The van der Waals surface area contributed by atoms with Crippen molar-refractivity contribution in [2.75, 3.05) is 30.5 Å². The number of carbonyl (C=O) groups excluding carboxylic acids is 1. The minimum Gasteiger partial charge on any atom is -0.375 e. The molecule has 1 aromatic rings. The summed E-state index contributed by atoms with van der Waals surface area (Å²) in [6, 6.07) is 9.24. The molecule has 6 nitrogen and oxygen atoms in total. The Morgan fingerprint density at radius 1 is 1.45 bits per heavy atom. The molecule has 0 spiro atoms. The Balaban J connectivity index is 2.26. The molecule has 0 unspecified atom stereocenters. The van der Waals surface area contributed by atoms with E-state index in [0.29, 0.717) is 6.54 Å². The summed E-state index contributed by atoms with van der Waals surface area (Å²) in [6.45, 7) is 0.708. The molecule has 0 fully saturated rings. The van der Waals surface area contributed by atoms with Gasteiger partial charge in [0.2, 0.25) is 0 Å². The van der Waals surface area contributed by atoms with Crippen molar-refractivity contribution in [1.82, 2.24) is 0 Å². The van der Waals surface area contributed by atoms with Gasteiger partial charge in [-0.3, -0.25) is 4.79 Å². The maximum absolute atomic E-state index is 12.1. The molecule has 1 amide bonds. The third kappa shape index (κ3) is 3.43. The lowest BCUT2D eigenvalue weighted by Crippen LogP contribution is -2.37. The number of nitrogens with one attached hydrogen (secondary N) is 1. The van der Waals surface area contributed by atoms with E-state index in [1.165, 1.54) is 13.3 Å². The average Bonchev–Trinajstić information content (AvgIpc) is 2.55. The fraction of sp³-hybridized carbons (Fsp3) is 0.312. The van der Waals surface area contributed by atoms with Crippen LogP contribution in [0.25, 0.3) is 0 Å². The summed E-state index contributed by atoms with van der Waals surface area (Å²) in [4.78, 5) is 13.8. The van der Waals surface area contributed by atoms with E-state index in [0.717, 1.165) is 29.8 Å². The normalized spacial score (nSPS) is 12.6. The molecule has 2 rings (SSSR count). The lowest BCUT2D eigenvalue weighted by molar-refractivity contribution is -0.122. The number of benzene rings is 1. The van der Waals surface area contributed by atoms with E-state index in [1.807, 2.05) is 18.2 Å². The summed E-state index contributed by atoms with van der Waals surface area (Å²) in [5.41, 5.74) is 2.66. The van der Waals surface area contributed by atoms with E-state index < -0.39 is 0 Å². The molecule has 1 aliphatic rings. The van der Waals surface area contributed by atoms with E-state index in [1.54, 1.807) is 17.0 Å². The molecule has 22 heavy (non-hydrogen) atoms. The van der Waals surface area contributed by atoms with Gasteiger partial charge in [0.1, 0.15) is 24.3 Å². The summed E-state index contributed by atoms with van der Waals surface area (Å²) >= 11 is 0. The lowest BCUT2D eigenvalue weighted by Gasteiger charge is -2.29.